The van der Waals surface area contributed by atoms with Crippen molar-refractivity contribution >= 4 is 22.6 Å². The number of hydrogen-bond donors (Lipinski definition) is 1. The van der Waals surface area contributed by atoms with Crippen LogP contribution in [0.5, 0.6) is 0 Å². The maximum absolute atomic E-state index is 13.1. The first kappa shape index (κ1) is 20.2. The van der Waals surface area contributed by atoms with E-state index in [1.54, 1.807) is 19.2 Å². The molecule has 0 aliphatic rings. The number of hydrogen-bond acceptors (Lipinski definition) is 6. The molecular weight excluding hydrogens is 372 g/mol. The van der Waals surface area contributed by atoms with Crippen molar-refractivity contribution in [2.24, 2.45) is 7.05 Å². The van der Waals surface area contributed by atoms with Crippen molar-refractivity contribution in [2.75, 3.05) is 31.5 Å². The number of nitrogens with one attached hydrogen (secondary N) is 1. The first-order chi connectivity index (χ1) is 13.8. The molecule has 0 aliphatic carbocycles. The van der Waals surface area contributed by atoms with Gasteiger partial charge in [-0.05, 0) is 23.8 Å². The lowest BCUT2D eigenvalue weighted by Crippen LogP contribution is -2.50. The van der Waals surface area contributed by atoms with Gasteiger partial charge in [0.1, 0.15) is 6.04 Å². The van der Waals surface area contributed by atoms with Gasteiger partial charge in [-0.2, -0.15) is 4.68 Å². The summed E-state index contributed by atoms with van der Waals surface area (Å²) in [4.78, 5) is 40.1. The van der Waals surface area contributed by atoms with E-state index in [1.165, 1.54) is 11.7 Å². The van der Waals surface area contributed by atoms with Gasteiger partial charge in [-0.15, -0.1) is 0 Å². The van der Waals surface area contributed by atoms with Crippen LogP contribution in [0.15, 0.2) is 58.1 Å². The van der Waals surface area contributed by atoms with E-state index in [4.69, 9.17) is 4.74 Å². The third kappa shape index (κ3) is 4.01. The normalized spacial score (nSPS) is 11.9. The Balaban J connectivity index is 2.10. The average molecular weight is 396 g/mol. The Labute approximate surface area is 167 Å². The quantitative estimate of drug-likeness (QED) is 0.628. The van der Waals surface area contributed by atoms with Crippen LogP contribution in [0.1, 0.15) is 5.56 Å². The highest BCUT2D eigenvalue weighted by molar-refractivity contribution is 5.82. The van der Waals surface area contributed by atoms with Crippen LogP contribution >= 0.6 is 0 Å². The van der Waals surface area contributed by atoms with Crippen LogP contribution in [0.2, 0.25) is 0 Å². The smallest absolute Gasteiger partial charge is 0.350 e. The molecule has 1 heterocycles. The third-order valence-corrected chi connectivity index (χ3v) is 4.82. The average Bonchev–Trinajstić information content (AvgIpc) is 2.74. The summed E-state index contributed by atoms with van der Waals surface area (Å²) >= 11 is 0. The van der Waals surface area contributed by atoms with Crippen LogP contribution in [0.25, 0.3) is 10.9 Å². The van der Waals surface area contributed by atoms with Gasteiger partial charge in [0, 0.05) is 33.3 Å². The molecule has 0 amide bonds. The molecule has 0 fully saturated rings. The summed E-state index contributed by atoms with van der Waals surface area (Å²) in [5.41, 5.74) is 3.91. The second kappa shape index (κ2) is 8.22. The molecule has 1 N–H and O–H groups in total. The van der Waals surface area contributed by atoms with Crippen molar-refractivity contribution in [3.8, 4) is 0 Å². The SMILES string of the molecule is COC(=O)[C@H](Cc1ccccc1)Nn1c(=O)c2cc(N(C)C)ccc2n(C)c1=O. The van der Waals surface area contributed by atoms with E-state index in [0.29, 0.717) is 10.9 Å². The van der Waals surface area contributed by atoms with E-state index in [1.807, 2.05) is 55.4 Å². The van der Waals surface area contributed by atoms with Gasteiger partial charge in [-0.1, -0.05) is 30.3 Å². The highest BCUT2D eigenvalue weighted by Gasteiger charge is 2.22. The third-order valence-electron chi connectivity index (χ3n) is 4.82. The second-order valence-electron chi connectivity index (χ2n) is 6.97. The number of fused-ring (bicyclic) bond motifs is 1. The highest BCUT2D eigenvalue weighted by atomic mass is 16.5. The standard InChI is InChI=1S/C21H24N4O4/c1-23(2)15-10-11-18-16(13-15)19(26)25(21(28)24(18)3)22-17(20(27)29-4)12-14-8-6-5-7-9-14/h5-11,13,17,22H,12H2,1-4H3/t17-/m0/s1. The molecular formula is C21H24N4O4. The topological polar surface area (TPSA) is 85.6 Å². The number of esters is 1. The molecule has 3 rings (SSSR count). The van der Waals surface area contributed by atoms with Gasteiger partial charge in [0.25, 0.3) is 5.56 Å². The van der Waals surface area contributed by atoms with Crippen molar-refractivity contribution in [3.05, 3.63) is 74.9 Å². The number of rotatable bonds is 6. The number of anilines is 1. The Morgan fingerprint density at radius 2 is 1.83 bits per heavy atom. The molecule has 0 unspecified atom stereocenters. The Hall–Kier alpha value is -3.55. The Bertz CT molecular complexity index is 1150. The van der Waals surface area contributed by atoms with Gasteiger partial charge in [0.15, 0.2) is 0 Å². The molecule has 0 aliphatic heterocycles. The predicted molar refractivity (Wildman–Crippen MR) is 113 cm³/mol. The van der Waals surface area contributed by atoms with Crippen molar-refractivity contribution in [2.45, 2.75) is 12.5 Å². The monoisotopic (exact) mass is 396 g/mol. The number of nitrogens with zero attached hydrogens (tertiary/aromatic N) is 3. The van der Waals surface area contributed by atoms with Crippen LogP contribution in [0.3, 0.4) is 0 Å². The van der Waals surface area contributed by atoms with Gasteiger partial charge in [0.2, 0.25) is 0 Å². The summed E-state index contributed by atoms with van der Waals surface area (Å²) in [7, 11) is 6.59. The van der Waals surface area contributed by atoms with Crippen molar-refractivity contribution in [3.63, 3.8) is 0 Å². The van der Waals surface area contributed by atoms with E-state index >= 15 is 0 Å². The first-order valence-corrected chi connectivity index (χ1v) is 9.15. The van der Waals surface area contributed by atoms with E-state index in [0.717, 1.165) is 15.9 Å². The highest BCUT2D eigenvalue weighted by Crippen LogP contribution is 2.17. The van der Waals surface area contributed by atoms with Crippen molar-refractivity contribution in [1.82, 2.24) is 9.24 Å². The fourth-order valence-corrected chi connectivity index (χ4v) is 3.17. The van der Waals surface area contributed by atoms with Crippen LogP contribution in [0, 0.1) is 0 Å². The minimum atomic E-state index is -0.901. The van der Waals surface area contributed by atoms with E-state index < -0.39 is 23.3 Å². The van der Waals surface area contributed by atoms with Crippen molar-refractivity contribution in [1.29, 1.82) is 0 Å². The molecule has 0 spiro atoms. The molecule has 0 bridgehead atoms. The Morgan fingerprint density at radius 3 is 2.45 bits per heavy atom. The largest absolute Gasteiger partial charge is 0.467 e. The lowest BCUT2D eigenvalue weighted by molar-refractivity contribution is -0.141. The van der Waals surface area contributed by atoms with E-state index in [9.17, 15) is 14.4 Å². The summed E-state index contributed by atoms with van der Waals surface area (Å²) in [6.07, 6.45) is 0.263. The summed E-state index contributed by atoms with van der Waals surface area (Å²) in [5.74, 6) is -0.565. The van der Waals surface area contributed by atoms with Crippen LogP contribution in [-0.2, 0) is 23.0 Å². The van der Waals surface area contributed by atoms with Crippen molar-refractivity contribution < 1.29 is 9.53 Å². The fourth-order valence-electron chi connectivity index (χ4n) is 3.17. The van der Waals surface area contributed by atoms with E-state index in [2.05, 4.69) is 5.43 Å². The number of benzene rings is 2. The number of carbonyl (C=O) groups is 1. The Morgan fingerprint density at radius 1 is 1.14 bits per heavy atom. The number of methoxy groups -OCH3 is 1. The zero-order chi connectivity index (χ0) is 21.1. The minimum Gasteiger partial charge on any atom is -0.467 e. The van der Waals surface area contributed by atoms with Crippen LogP contribution in [0.4, 0.5) is 5.69 Å². The molecule has 0 radical (unpaired) electrons. The first-order valence-electron chi connectivity index (χ1n) is 9.15. The van der Waals surface area contributed by atoms with Gasteiger partial charge in [-0.25, -0.2) is 9.59 Å². The van der Waals surface area contributed by atoms with Crippen LogP contribution < -0.4 is 21.6 Å². The molecule has 0 saturated carbocycles. The number of aryl methyl sites for hydroxylation is 1. The molecule has 1 aromatic heterocycles. The molecule has 0 saturated heterocycles. The Kier molecular flexibility index (Phi) is 5.72. The number of ether oxygens (including phenoxy) is 1. The van der Waals surface area contributed by atoms with Gasteiger partial charge in [0.05, 0.1) is 18.0 Å². The molecule has 3 aromatic rings. The maximum Gasteiger partial charge on any atom is 0.350 e. The number of carbonyl (C=O) groups excluding carboxylic acids is 1. The predicted octanol–water partition coefficient (Wildman–Crippen LogP) is 1.09. The van der Waals surface area contributed by atoms with Crippen LogP contribution in [-0.4, -0.2) is 42.5 Å². The molecule has 29 heavy (non-hydrogen) atoms. The number of aromatic nitrogens is 2. The molecule has 8 nitrogen and oxygen atoms in total. The minimum absolute atomic E-state index is 0.263. The molecule has 152 valence electrons. The van der Waals surface area contributed by atoms with Gasteiger partial charge < -0.3 is 15.1 Å². The molecule has 8 heteroatoms. The zero-order valence-electron chi connectivity index (χ0n) is 16.9. The molecule has 2 aromatic carbocycles. The fraction of sp³-hybridized carbons (Fsp3) is 0.286. The molecule has 1 atom stereocenters. The summed E-state index contributed by atoms with van der Waals surface area (Å²) in [6, 6.07) is 13.7. The lowest BCUT2D eigenvalue weighted by Gasteiger charge is -2.20. The van der Waals surface area contributed by atoms with E-state index in [-0.39, 0.29) is 6.42 Å². The summed E-state index contributed by atoms with van der Waals surface area (Å²) < 4.78 is 7.13. The lowest BCUT2D eigenvalue weighted by atomic mass is 10.1. The summed E-state index contributed by atoms with van der Waals surface area (Å²) in [6.45, 7) is 0. The van der Waals surface area contributed by atoms with Gasteiger partial charge >= 0.3 is 11.7 Å². The second-order valence-corrected chi connectivity index (χ2v) is 6.97. The zero-order valence-corrected chi connectivity index (χ0v) is 16.9. The maximum atomic E-state index is 13.1. The van der Waals surface area contributed by atoms with Gasteiger partial charge in [-0.3, -0.25) is 9.36 Å². The summed E-state index contributed by atoms with van der Waals surface area (Å²) in [5, 5.41) is 0.370.